The summed E-state index contributed by atoms with van der Waals surface area (Å²) in [5, 5.41) is 12.8. The second-order valence-electron chi connectivity index (χ2n) is 7.64. The summed E-state index contributed by atoms with van der Waals surface area (Å²) < 4.78 is 29.3. The number of carboxylic acids is 1. The highest BCUT2D eigenvalue weighted by molar-refractivity contribution is 6.33. The van der Waals surface area contributed by atoms with Crippen LogP contribution >= 0.6 is 23.2 Å². The standard InChI is InChI=1S/C25H14Cl2F2N4O2.CH4/c26-13-4-6-15-16(8-13)23(21-19(28)2-1-3-20(21)29)30-10-12-11-31-25(33-22(12)15)32-14-5-7-18(27)17(9-14)24(34)35;/h1-9,11H,10H2,(H,34,35)(H,31,32,33);1H4. The summed E-state index contributed by atoms with van der Waals surface area (Å²) in [6.07, 6.45) is 1.56. The van der Waals surface area contributed by atoms with Gasteiger partial charge in [-0.2, -0.15) is 0 Å². The van der Waals surface area contributed by atoms with E-state index in [9.17, 15) is 18.7 Å². The molecule has 0 bridgehead atoms. The van der Waals surface area contributed by atoms with E-state index in [2.05, 4.69) is 20.3 Å². The number of aliphatic imine (C=N–C) groups is 1. The zero-order valence-corrected chi connectivity index (χ0v) is 19.2. The van der Waals surface area contributed by atoms with Crippen LogP contribution in [0.3, 0.4) is 0 Å². The number of anilines is 2. The molecule has 4 aromatic rings. The number of halogens is 4. The molecule has 0 unspecified atom stereocenters. The lowest BCUT2D eigenvalue weighted by Crippen LogP contribution is -2.10. The van der Waals surface area contributed by atoms with E-state index in [4.69, 9.17) is 23.2 Å². The molecule has 2 heterocycles. The van der Waals surface area contributed by atoms with Crippen LogP contribution < -0.4 is 5.32 Å². The Balaban J connectivity index is 0.00000304. The number of aromatic carboxylic acids is 1. The molecule has 0 saturated carbocycles. The summed E-state index contributed by atoms with van der Waals surface area (Å²) in [5.74, 6) is -2.47. The number of hydrogen-bond donors (Lipinski definition) is 2. The van der Waals surface area contributed by atoms with Crippen LogP contribution in [0.25, 0.3) is 11.3 Å². The fourth-order valence-corrected chi connectivity index (χ4v) is 4.19. The highest BCUT2D eigenvalue weighted by Gasteiger charge is 2.25. The summed E-state index contributed by atoms with van der Waals surface area (Å²) in [4.78, 5) is 24.8. The van der Waals surface area contributed by atoms with Crippen molar-refractivity contribution in [3.8, 4) is 11.3 Å². The highest BCUT2D eigenvalue weighted by Crippen LogP contribution is 2.35. The Kier molecular flexibility index (Phi) is 7.01. The monoisotopic (exact) mass is 526 g/mol. The van der Waals surface area contributed by atoms with E-state index in [1.165, 1.54) is 30.3 Å². The average molecular weight is 527 g/mol. The van der Waals surface area contributed by atoms with Gasteiger partial charge in [0.1, 0.15) is 11.6 Å². The number of nitrogens with one attached hydrogen (secondary N) is 1. The molecule has 0 saturated heterocycles. The molecule has 36 heavy (non-hydrogen) atoms. The average Bonchev–Trinajstić information content (AvgIpc) is 2.97. The number of hydrogen-bond acceptors (Lipinski definition) is 5. The molecule has 3 aromatic carbocycles. The van der Waals surface area contributed by atoms with Crippen molar-refractivity contribution in [2.75, 3.05) is 5.32 Å². The zero-order valence-electron chi connectivity index (χ0n) is 17.7. The lowest BCUT2D eigenvalue weighted by molar-refractivity contribution is 0.0697. The molecule has 0 fully saturated rings. The molecule has 10 heteroatoms. The Labute approximate surface area is 215 Å². The fourth-order valence-electron chi connectivity index (χ4n) is 3.82. The molecule has 6 nitrogen and oxygen atoms in total. The van der Waals surface area contributed by atoms with E-state index in [1.807, 2.05) is 0 Å². The van der Waals surface area contributed by atoms with Crippen LogP contribution in [0.2, 0.25) is 10.0 Å². The molecule has 0 amide bonds. The maximum Gasteiger partial charge on any atom is 0.337 e. The van der Waals surface area contributed by atoms with Gasteiger partial charge >= 0.3 is 5.97 Å². The quantitative estimate of drug-likeness (QED) is 0.294. The third-order valence-corrected chi connectivity index (χ3v) is 5.98. The molecular weight excluding hydrogens is 509 g/mol. The van der Waals surface area contributed by atoms with Gasteiger partial charge in [0, 0.05) is 33.6 Å². The van der Waals surface area contributed by atoms with Crippen LogP contribution in [-0.4, -0.2) is 26.8 Å². The predicted octanol–water partition coefficient (Wildman–Crippen LogP) is 7.16. The van der Waals surface area contributed by atoms with Gasteiger partial charge in [0.25, 0.3) is 0 Å². The third kappa shape index (κ3) is 4.65. The fraction of sp³-hybridized carbons (Fsp3) is 0.0769. The maximum absolute atomic E-state index is 14.7. The summed E-state index contributed by atoms with van der Waals surface area (Å²) in [5.41, 5.74) is 2.33. The SMILES string of the molecule is C.O=C(O)c1cc(Nc2ncc3c(n2)-c2ccc(Cl)cc2C(c2c(F)cccc2F)=NC3)ccc1Cl. The van der Waals surface area contributed by atoms with Crippen molar-refractivity contribution in [3.05, 3.63) is 105 Å². The van der Waals surface area contributed by atoms with Crippen LogP contribution in [0.4, 0.5) is 20.4 Å². The van der Waals surface area contributed by atoms with Gasteiger partial charge in [-0.3, -0.25) is 4.99 Å². The molecule has 1 aromatic heterocycles. The molecule has 0 radical (unpaired) electrons. The van der Waals surface area contributed by atoms with Gasteiger partial charge in [0.2, 0.25) is 5.95 Å². The van der Waals surface area contributed by atoms with Gasteiger partial charge in [-0.25, -0.2) is 23.5 Å². The molecule has 1 aliphatic rings. The number of benzene rings is 3. The molecule has 1 aliphatic heterocycles. The van der Waals surface area contributed by atoms with Gasteiger partial charge in [-0.05, 0) is 42.5 Å². The van der Waals surface area contributed by atoms with Gasteiger partial charge in [-0.15, -0.1) is 0 Å². The number of rotatable bonds is 4. The van der Waals surface area contributed by atoms with Crippen LogP contribution in [0.5, 0.6) is 0 Å². The minimum atomic E-state index is -1.17. The van der Waals surface area contributed by atoms with Crippen molar-refractivity contribution in [1.29, 1.82) is 0 Å². The predicted molar refractivity (Wildman–Crippen MR) is 137 cm³/mol. The van der Waals surface area contributed by atoms with Crippen molar-refractivity contribution in [2.24, 2.45) is 4.99 Å². The first kappa shape index (κ1) is 25.2. The summed E-state index contributed by atoms with van der Waals surface area (Å²) in [6.45, 7) is 0.0785. The first-order valence-corrected chi connectivity index (χ1v) is 11.0. The normalized spacial score (nSPS) is 11.9. The van der Waals surface area contributed by atoms with Crippen LogP contribution in [0.15, 0.2) is 65.8 Å². The van der Waals surface area contributed by atoms with Crippen LogP contribution in [-0.2, 0) is 6.54 Å². The van der Waals surface area contributed by atoms with Gasteiger partial charge in [0.05, 0.1) is 34.1 Å². The van der Waals surface area contributed by atoms with Crippen molar-refractivity contribution in [2.45, 2.75) is 14.0 Å². The number of carbonyl (C=O) groups is 1. The lowest BCUT2D eigenvalue weighted by atomic mass is 9.95. The minimum absolute atomic E-state index is 0. The van der Waals surface area contributed by atoms with Crippen LogP contribution in [0, 0.1) is 11.6 Å². The Morgan fingerprint density at radius 3 is 2.47 bits per heavy atom. The Hall–Kier alpha value is -3.88. The molecule has 182 valence electrons. The second-order valence-corrected chi connectivity index (χ2v) is 8.49. The van der Waals surface area contributed by atoms with Crippen molar-refractivity contribution in [3.63, 3.8) is 0 Å². The van der Waals surface area contributed by atoms with E-state index in [0.717, 1.165) is 0 Å². The first-order valence-electron chi connectivity index (χ1n) is 10.3. The second kappa shape index (κ2) is 10.0. The van der Waals surface area contributed by atoms with Crippen molar-refractivity contribution < 1.29 is 18.7 Å². The first-order chi connectivity index (χ1) is 16.8. The summed E-state index contributed by atoms with van der Waals surface area (Å²) >= 11 is 12.2. The molecule has 5 rings (SSSR count). The van der Waals surface area contributed by atoms with E-state index < -0.39 is 17.6 Å². The van der Waals surface area contributed by atoms with E-state index in [1.54, 1.807) is 30.5 Å². The third-order valence-electron chi connectivity index (χ3n) is 5.42. The Morgan fingerprint density at radius 1 is 1.00 bits per heavy atom. The number of nitrogens with zero attached hydrogens (tertiary/aromatic N) is 3. The Morgan fingerprint density at radius 2 is 1.75 bits per heavy atom. The summed E-state index contributed by atoms with van der Waals surface area (Å²) in [7, 11) is 0. The lowest BCUT2D eigenvalue weighted by Gasteiger charge is -2.13. The molecule has 0 atom stereocenters. The van der Waals surface area contributed by atoms with Crippen molar-refractivity contribution >= 4 is 46.5 Å². The molecule has 2 N–H and O–H groups in total. The minimum Gasteiger partial charge on any atom is -0.478 e. The van der Waals surface area contributed by atoms with Gasteiger partial charge in [0.15, 0.2) is 0 Å². The number of carboxylic acid groups (broad SMARTS) is 1. The zero-order chi connectivity index (χ0) is 24.7. The van der Waals surface area contributed by atoms with Gasteiger partial charge < -0.3 is 10.4 Å². The van der Waals surface area contributed by atoms with Crippen molar-refractivity contribution in [1.82, 2.24) is 9.97 Å². The molecule has 0 spiro atoms. The maximum atomic E-state index is 14.7. The van der Waals surface area contributed by atoms with E-state index in [0.29, 0.717) is 33.1 Å². The molecular formula is C26H18Cl2F2N4O2. The largest absolute Gasteiger partial charge is 0.478 e. The van der Waals surface area contributed by atoms with E-state index >= 15 is 0 Å². The topological polar surface area (TPSA) is 87.5 Å². The number of fused-ring (bicyclic) bond motifs is 3. The Bertz CT molecular complexity index is 1520. The highest BCUT2D eigenvalue weighted by atomic mass is 35.5. The number of aromatic nitrogens is 2. The van der Waals surface area contributed by atoms with Crippen LogP contribution in [0.1, 0.15) is 34.5 Å². The van der Waals surface area contributed by atoms with E-state index in [-0.39, 0.29) is 41.8 Å². The smallest absolute Gasteiger partial charge is 0.337 e. The summed E-state index contributed by atoms with van der Waals surface area (Å²) in [6, 6.07) is 13.0. The van der Waals surface area contributed by atoms with Gasteiger partial charge in [-0.1, -0.05) is 42.8 Å². The molecule has 0 aliphatic carbocycles.